The van der Waals surface area contributed by atoms with Gasteiger partial charge in [0.1, 0.15) is 0 Å². The molecule has 4 nitrogen and oxygen atoms in total. The van der Waals surface area contributed by atoms with Crippen LogP contribution >= 0.6 is 27.3 Å². The smallest absolute Gasteiger partial charge is 0.222 e. The topological polar surface area (TPSA) is 45.2 Å². The van der Waals surface area contributed by atoms with Crippen molar-refractivity contribution in [3.63, 3.8) is 0 Å². The van der Waals surface area contributed by atoms with E-state index in [9.17, 15) is 4.79 Å². The first-order valence-corrected chi connectivity index (χ1v) is 7.79. The summed E-state index contributed by atoms with van der Waals surface area (Å²) in [6.45, 7) is 0.748. The average Bonchev–Trinajstić information content (AvgIpc) is 2.75. The number of carbonyl (C=O) groups is 1. The Morgan fingerprint density at radius 3 is 3.16 bits per heavy atom. The number of piperidine rings is 1. The SMILES string of the molecule is CN1CC(Nc2nc3ccc(Br)cc3s2)CCC1=O. The third kappa shape index (κ3) is 2.74. The van der Waals surface area contributed by atoms with Crippen LogP contribution in [-0.2, 0) is 4.79 Å². The fourth-order valence-corrected chi connectivity index (χ4v) is 3.76. The van der Waals surface area contributed by atoms with Gasteiger partial charge in [0.25, 0.3) is 0 Å². The van der Waals surface area contributed by atoms with Crippen molar-refractivity contribution in [2.75, 3.05) is 18.9 Å². The van der Waals surface area contributed by atoms with E-state index in [-0.39, 0.29) is 5.91 Å². The number of aromatic nitrogens is 1. The minimum atomic E-state index is 0.228. The summed E-state index contributed by atoms with van der Waals surface area (Å²) in [6.07, 6.45) is 1.49. The largest absolute Gasteiger partial charge is 0.357 e. The van der Waals surface area contributed by atoms with Crippen LogP contribution in [0.5, 0.6) is 0 Å². The minimum absolute atomic E-state index is 0.228. The molecule has 0 bridgehead atoms. The van der Waals surface area contributed by atoms with Gasteiger partial charge in [-0.1, -0.05) is 27.3 Å². The van der Waals surface area contributed by atoms with Crippen LogP contribution in [0.15, 0.2) is 22.7 Å². The maximum atomic E-state index is 11.5. The predicted molar refractivity (Wildman–Crippen MR) is 81.6 cm³/mol. The fourth-order valence-electron chi connectivity index (χ4n) is 2.26. The summed E-state index contributed by atoms with van der Waals surface area (Å²) < 4.78 is 2.23. The lowest BCUT2D eigenvalue weighted by Gasteiger charge is -2.29. The van der Waals surface area contributed by atoms with Crippen molar-refractivity contribution in [3.05, 3.63) is 22.7 Å². The van der Waals surface area contributed by atoms with Crippen molar-refractivity contribution in [3.8, 4) is 0 Å². The quantitative estimate of drug-likeness (QED) is 0.914. The van der Waals surface area contributed by atoms with Gasteiger partial charge in [0.15, 0.2) is 5.13 Å². The Bertz CT molecular complexity index is 627. The van der Waals surface area contributed by atoms with Crippen LogP contribution < -0.4 is 5.32 Å². The molecule has 19 heavy (non-hydrogen) atoms. The highest BCUT2D eigenvalue weighted by atomic mass is 79.9. The van der Waals surface area contributed by atoms with E-state index in [0.717, 1.165) is 32.8 Å². The van der Waals surface area contributed by atoms with Crippen LogP contribution in [0.3, 0.4) is 0 Å². The monoisotopic (exact) mass is 339 g/mol. The molecule has 2 aromatic rings. The Hall–Kier alpha value is -1.14. The minimum Gasteiger partial charge on any atom is -0.357 e. The van der Waals surface area contributed by atoms with Crippen LogP contribution in [0.4, 0.5) is 5.13 Å². The summed E-state index contributed by atoms with van der Waals surface area (Å²) in [5.74, 6) is 0.228. The molecule has 1 atom stereocenters. The van der Waals surface area contributed by atoms with Gasteiger partial charge in [-0.3, -0.25) is 4.79 Å². The van der Waals surface area contributed by atoms with E-state index >= 15 is 0 Å². The molecule has 2 heterocycles. The Morgan fingerprint density at radius 2 is 2.37 bits per heavy atom. The number of likely N-dealkylation sites (tertiary alicyclic amines) is 1. The van der Waals surface area contributed by atoms with E-state index in [2.05, 4.69) is 32.3 Å². The Morgan fingerprint density at radius 1 is 1.53 bits per heavy atom. The van der Waals surface area contributed by atoms with Gasteiger partial charge in [0, 0.05) is 30.5 Å². The number of hydrogen-bond donors (Lipinski definition) is 1. The van der Waals surface area contributed by atoms with E-state index in [0.29, 0.717) is 12.5 Å². The summed E-state index contributed by atoms with van der Waals surface area (Å²) in [5, 5.41) is 4.37. The zero-order valence-corrected chi connectivity index (χ0v) is 12.9. The van der Waals surface area contributed by atoms with Gasteiger partial charge in [-0.05, 0) is 24.6 Å². The molecular formula is C13H14BrN3OS. The number of likely N-dealkylation sites (N-methyl/N-ethyl adjacent to an activating group) is 1. The number of amides is 1. The number of rotatable bonds is 2. The van der Waals surface area contributed by atoms with Crippen LogP contribution in [0, 0.1) is 0 Å². The number of nitrogens with one attached hydrogen (secondary N) is 1. The van der Waals surface area contributed by atoms with Gasteiger partial charge in [-0.15, -0.1) is 0 Å². The second-order valence-electron chi connectivity index (χ2n) is 4.79. The zero-order chi connectivity index (χ0) is 13.4. The second-order valence-corrected chi connectivity index (χ2v) is 6.73. The maximum Gasteiger partial charge on any atom is 0.222 e. The lowest BCUT2D eigenvalue weighted by atomic mass is 10.1. The van der Waals surface area contributed by atoms with E-state index in [1.807, 2.05) is 19.2 Å². The fraction of sp³-hybridized carbons (Fsp3) is 0.385. The highest BCUT2D eigenvalue weighted by Gasteiger charge is 2.23. The van der Waals surface area contributed by atoms with Gasteiger partial charge < -0.3 is 10.2 Å². The van der Waals surface area contributed by atoms with E-state index in [1.165, 1.54) is 0 Å². The molecule has 1 aromatic carbocycles. The van der Waals surface area contributed by atoms with Crippen LogP contribution in [0.25, 0.3) is 10.2 Å². The number of benzene rings is 1. The third-order valence-corrected chi connectivity index (χ3v) is 4.75. The summed E-state index contributed by atoms with van der Waals surface area (Å²) in [6, 6.07) is 6.39. The molecular weight excluding hydrogens is 326 g/mol. The van der Waals surface area contributed by atoms with Crippen molar-refractivity contribution in [1.29, 1.82) is 0 Å². The van der Waals surface area contributed by atoms with Crippen molar-refractivity contribution in [2.45, 2.75) is 18.9 Å². The number of nitrogens with zero attached hydrogens (tertiary/aromatic N) is 2. The molecule has 1 aliphatic rings. The van der Waals surface area contributed by atoms with Crippen molar-refractivity contribution in [1.82, 2.24) is 9.88 Å². The molecule has 1 aliphatic heterocycles. The molecule has 1 aromatic heterocycles. The number of thiazole rings is 1. The van der Waals surface area contributed by atoms with E-state index in [4.69, 9.17) is 0 Å². The molecule has 0 radical (unpaired) electrons. The number of carbonyl (C=O) groups excluding carboxylic acids is 1. The highest BCUT2D eigenvalue weighted by molar-refractivity contribution is 9.10. The molecule has 0 aliphatic carbocycles. The van der Waals surface area contributed by atoms with E-state index in [1.54, 1.807) is 16.2 Å². The van der Waals surface area contributed by atoms with Gasteiger partial charge in [0.05, 0.1) is 10.2 Å². The first-order chi connectivity index (χ1) is 9.11. The molecule has 0 saturated carbocycles. The Kier molecular flexibility index (Phi) is 3.45. The lowest BCUT2D eigenvalue weighted by molar-refractivity contribution is -0.132. The van der Waals surface area contributed by atoms with Crippen molar-refractivity contribution < 1.29 is 4.79 Å². The maximum absolute atomic E-state index is 11.5. The van der Waals surface area contributed by atoms with E-state index < -0.39 is 0 Å². The second kappa shape index (κ2) is 5.09. The normalized spacial score (nSPS) is 20.0. The average molecular weight is 340 g/mol. The summed E-state index contributed by atoms with van der Waals surface area (Å²) in [4.78, 5) is 17.8. The summed E-state index contributed by atoms with van der Waals surface area (Å²) in [7, 11) is 1.85. The molecule has 1 fully saturated rings. The van der Waals surface area contributed by atoms with Crippen molar-refractivity contribution in [2.24, 2.45) is 0 Å². The number of halogens is 1. The van der Waals surface area contributed by atoms with Crippen LogP contribution in [-0.4, -0.2) is 35.4 Å². The molecule has 1 unspecified atom stereocenters. The number of anilines is 1. The lowest BCUT2D eigenvalue weighted by Crippen LogP contribution is -2.43. The highest BCUT2D eigenvalue weighted by Crippen LogP contribution is 2.29. The first kappa shape index (κ1) is 12.9. The number of fused-ring (bicyclic) bond motifs is 1. The summed E-state index contributed by atoms with van der Waals surface area (Å²) >= 11 is 5.12. The van der Waals surface area contributed by atoms with Crippen LogP contribution in [0.1, 0.15) is 12.8 Å². The molecule has 1 N–H and O–H groups in total. The third-order valence-electron chi connectivity index (χ3n) is 3.30. The molecule has 0 spiro atoms. The standard InChI is InChI=1S/C13H14BrN3OS/c1-17-7-9(3-5-12(17)18)15-13-16-10-4-2-8(14)6-11(10)19-13/h2,4,6,9H,3,5,7H2,1H3,(H,15,16). The zero-order valence-electron chi connectivity index (χ0n) is 10.5. The Labute approximate surface area is 123 Å². The van der Waals surface area contributed by atoms with Crippen molar-refractivity contribution >= 4 is 48.5 Å². The number of hydrogen-bond acceptors (Lipinski definition) is 4. The molecule has 6 heteroatoms. The van der Waals surface area contributed by atoms with Gasteiger partial charge >= 0.3 is 0 Å². The molecule has 1 saturated heterocycles. The predicted octanol–water partition coefficient (Wildman–Crippen LogP) is 3.09. The molecule has 100 valence electrons. The van der Waals surface area contributed by atoms with Gasteiger partial charge in [-0.25, -0.2) is 4.98 Å². The summed E-state index contributed by atoms with van der Waals surface area (Å²) in [5.41, 5.74) is 1.01. The molecule has 1 amide bonds. The Balaban J connectivity index is 1.76. The van der Waals surface area contributed by atoms with Crippen LogP contribution in [0.2, 0.25) is 0 Å². The molecule has 3 rings (SSSR count). The van der Waals surface area contributed by atoms with Gasteiger partial charge in [0.2, 0.25) is 5.91 Å². The first-order valence-electron chi connectivity index (χ1n) is 6.18. The van der Waals surface area contributed by atoms with Gasteiger partial charge in [-0.2, -0.15) is 0 Å².